The van der Waals surface area contributed by atoms with Gasteiger partial charge in [-0.05, 0) is 12.1 Å². The van der Waals surface area contributed by atoms with E-state index in [0.717, 1.165) is 4.90 Å². The topological polar surface area (TPSA) is 172 Å². The van der Waals surface area contributed by atoms with Crippen molar-refractivity contribution in [2.75, 3.05) is 38.7 Å². The van der Waals surface area contributed by atoms with E-state index in [4.69, 9.17) is 4.74 Å². The van der Waals surface area contributed by atoms with Gasteiger partial charge in [-0.3, -0.25) is 19.4 Å². The van der Waals surface area contributed by atoms with Gasteiger partial charge in [0.15, 0.2) is 23.1 Å². The summed E-state index contributed by atoms with van der Waals surface area (Å²) >= 11 is 0. The first-order valence-corrected chi connectivity index (χ1v) is 12.4. The number of rotatable bonds is 10. The Labute approximate surface area is 223 Å². The molecule has 0 spiro atoms. The molecule has 2 amide bonds. The van der Waals surface area contributed by atoms with E-state index < -0.39 is 40.6 Å². The molecule has 0 aromatic heterocycles. The number of aromatic hydroxyl groups is 3. The molecule has 1 fully saturated rings. The van der Waals surface area contributed by atoms with Gasteiger partial charge in [-0.25, -0.2) is 4.39 Å². The van der Waals surface area contributed by atoms with Gasteiger partial charge in [0.2, 0.25) is 5.72 Å². The minimum absolute atomic E-state index is 0.0156. The second-order valence-corrected chi connectivity index (χ2v) is 9.38. The highest BCUT2D eigenvalue weighted by molar-refractivity contribution is 6.03. The molecule has 6 N–H and O–H groups in total. The number of ether oxygens (including phenoxy) is 1. The molecule has 2 aliphatic rings. The summed E-state index contributed by atoms with van der Waals surface area (Å²) in [6.07, 6.45) is 0.0575. The summed E-state index contributed by atoms with van der Waals surface area (Å²) in [5.74, 6) is -4.73. The number of halogens is 1. The zero-order valence-electron chi connectivity index (χ0n) is 21.4. The number of phenolic OH excluding ortho intramolecular Hbond substituents is 3. The van der Waals surface area contributed by atoms with Crippen molar-refractivity contribution in [1.82, 2.24) is 15.1 Å². The maximum atomic E-state index is 15.2. The van der Waals surface area contributed by atoms with Crippen LogP contribution >= 0.6 is 0 Å². The number of aliphatic hydroxyl groups is 1. The van der Waals surface area contributed by atoms with Gasteiger partial charge in [0.25, 0.3) is 11.8 Å². The average Bonchev–Trinajstić information content (AvgIpc) is 3.30. The number of amides is 2. The maximum absolute atomic E-state index is 15.2. The number of hydrogen-bond donors (Lipinski definition) is 6. The number of nitrogens with one attached hydrogen (secondary N) is 2. The largest absolute Gasteiger partial charge is 0.504 e. The molecule has 1 unspecified atom stereocenters. The van der Waals surface area contributed by atoms with E-state index in [-0.39, 0.29) is 49.2 Å². The van der Waals surface area contributed by atoms with E-state index in [9.17, 15) is 34.8 Å². The summed E-state index contributed by atoms with van der Waals surface area (Å²) in [5, 5.41) is 48.0. The highest BCUT2D eigenvalue weighted by atomic mass is 19.1. The Morgan fingerprint density at radius 2 is 1.85 bits per heavy atom. The molecule has 39 heavy (non-hydrogen) atoms. The van der Waals surface area contributed by atoms with Crippen molar-refractivity contribution in [3.63, 3.8) is 0 Å². The van der Waals surface area contributed by atoms with Crippen molar-refractivity contribution in [1.29, 1.82) is 0 Å². The van der Waals surface area contributed by atoms with E-state index in [2.05, 4.69) is 10.6 Å². The van der Waals surface area contributed by atoms with Gasteiger partial charge < -0.3 is 40.6 Å². The van der Waals surface area contributed by atoms with Crippen LogP contribution < -0.4 is 10.6 Å². The lowest BCUT2D eigenvalue weighted by atomic mass is 10.0. The van der Waals surface area contributed by atoms with Crippen molar-refractivity contribution < 1.29 is 43.9 Å². The standard InChI is InChI=1S/C26H31FN4O8/c1-28-25(37)26(38,6-3-9-32)31-14-17-15(24(31)36)4-2-5-19(17)29-12-16-20(27)21(33)18(23(35)22(16)34)13-30-7-10-39-11-8-30/h2,4-5,9,29,33-35,38H,3,6-8,10-14H2,1H3,(H,28,37). The summed E-state index contributed by atoms with van der Waals surface area (Å²) in [6.45, 7) is 1.40. The zero-order valence-corrected chi connectivity index (χ0v) is 21.4. The summed E-state index contributed by atoms with van der Waals surface area (Å²) in [5.41, 5.74) is -1.88. The van der Waals surface area contributed by atoms with Gasteiger partial charge >= 0.3 is 0 Å². The van der Waals surface area contributed by atoms with Gasteiger partial charge in [0.05, 0.1) is 30.9 Å². The van der Waals surface area contributed by atoms with Gasteiger partial charge in [0, 0.05) is 62.9 Å². The first-order valence-electron chi connectivity index (χ1n) is 12.4. The lowest BCUT2D eigenvalue weighted by Gasteiger charge is -2.35. The molecule has 0 saturated carbocycles. The van der Waals surface area contributed by atoms with Crippen LogP contribution in [0.5, 0.6) is 17.2 Å². The smallest absolute Gasteiger partial charge is 0.273 e. The first kappa shape index (κ1) is 28.1. The number of carbonyl (C=O) groups is 3. The van der Waals surface area contributed by atoms with Crippen molar-refractivity contribution in [3.8, 4) is 17.2 Å². The lowest BCUT2D eigenvalue weighted by Crippen LogP contribution is -2.58. The SMILES string of the molecule is CNC(=O)C(O)(CCC=O)N1Cc2c(NCc3c(O)c(O)c(CN4CCOCC4)c(O)c3F)cccc2C1=O. The lowest BCUT2D eigenvalue weighted by molar-refractivity contribution is -0.159. The fourth-order valence-corrected chi connectivity index (χ4v) is 4.88. The molecule has 210 valence electrons. The number of morpholine rings is 1. The highest BCUT2D eigenvalue weighted by Crippen LogP contribution is 2.43. The van der Waals surface area contributed by atoms with Crippen LogP contribution in [0, 0.1) is 5.82 Å². The third-order valence-corrected chi connectivity index (χ3v) is 7.11. The van der Waals surface area contributed by atoms with Crippen LogP contribution in [0.1, 0.15) is 39.9 Å². The average molecular weight is 547 g/mol. The number of carbonyl (C=O) groups excluding carboxylic acids is 3. The molecule has 12 nitrogen and oxygen atoms in total. The van der Waals surface area contributed by atoms with Crippen molar-refractivity contribution >= 4 is 23.8 Å². The van der Waals surface area contributed by atoms with Crippen LogP contribution in [-0.2, 0) is 34.0 Å². The fourth-order valence-electron chi connectivity index (χ4n) is 4.88. The Bertz CT molecular complexity index is 1250. The highest BCUT2D eigenvalue weighted by Gasteiger charge is 2.48. The number of fused-ring (bicyclic) bond motifs is 1. The van der Waals surface area contributed by atoms with Gasteiger partial charge in [0.1, 0.15) is 6.29 Å². The zero-order chi connectivity index (χ0) is 28.3. The summed E-state index contributed by atoms with van der Waals surface area (Å²) in [6, 6.07) is 4.63. The minimum atomic E-state index is -2.28. The molecule has 2 aromatic carbocycles. The maximum Gasteiger partial charge on any atom is 0.273 e. The molecule has 1 saturated heterocycles. The van der Waals surface area contributed by atoms with E-state index in [1.165, 1.54) is 13.1 Å². The molecule has 4 rings (SSSR count). The second kappa shape index (κ2) is 11.4. The summed E-state index contributed by atoms with van der Waals surface area (Å²) in [7, 11) is 1.30. The number of phenols is 3. The predicted octanol–water partition coefficient (Wildman–Crippen LogP) is 0.756. The quantitative estimate of drug-likeness (QED) is 0.142. The van der Waals surface area contributed by atoms with Gasteiger partial charge in [-0.2, -0.15) is 0 Å². The third-order valence-electron chi connectivity index (χ3n) is 7.11. The van der Waals surface area contributed by atoms with E-state index in [1.807, 2.05) is 4.90 Å². The molecule has 0 radical (unpaired) electrons. The van der Waals surface area contributed by atoms with E-state index >= 15 is 4.39 Å². The molecule has 2 aromatic rings. The molecular formula is C26H31FN4O8. The summed E-state index contributed by atoms with van der Waals surface area (Å²) < 4.78 is 20.5. The molecule has 0 aliphatic carbocycles. The number of aldehydes is 1. The van der Waals surface area contributed by atoms with Crippen LogP contribution in [0.3, 0.4) is 0 Å². The number of benzene rings is 2. The first-order chi connectivity index (χ1) is 18.6. The number of nitrogens with zero attached hydrogens (tertiary/aromatic N) is 2. The monoisotopic (exact) mass is 546 g/mol. The van der Waals surface area contributed by atoms with Crippen molar-refractivity contribution in [2.45, 2.75) is 38.2 Å². The van der Waals surface area contributed by atoms with Gasteiger partial charge in [-0.1, -0.05) is 6.07 Å². The van der Waals surface area contributed by atoms with Crippen LogP contribution in [0.4, 0.5) is 10.1 Å². The Kier molecular flexibility index (Phi) is 8.23. The Balaban J connectivity index is 1.58. The molecule has 0 bridgehead atoms. The minimum Gasteiger partial charge on any atom is -0.504 e. The normalized spacial score (nSPS) is 17.0. The van der Waals surface area contributed by atoms with Crippen LogP contribution in [-0.4, -0.2) is 87.4 Å². The van der Waals surface area contributed by atoms with Gasteiger partial charge in [-0.15, -0.1) is 0 Å². The van der Waals surface area contributed by atoms with Crippen molar-refractivity contribution in [3.05, 3.63) is 46.3 Å². The van der Waals surface area contributed by atoms with E-state index in [1.54, 1.807) is 12.1 Å². The molecule has 13 heteroatoms. The molecule has 2 heterocycles. The van der Waals surface area contributed by atoms with Crippen molar-refractivity contribution in [2.24, 2.45) is 0 Å². The molecular weight excluding hydrogens is 515 g/mol. The Morgan fingerprint density at radius 1 is 1.15 bits per heavy atom. The Morgan fingerprint density at radius 3 is 2.51 bits per heavy atom. The van der Waals surface area contributed by atoms with Crippen LogP contribution in [0.15, 0.2) is 18.2 Å². The van der Waals surface area contributed by atoms with Crippen LogP contribution in [0.2, 0.25) is 0 Å². The second-order valence-electron chi connectivity index (χ2n) is 9.38. The third kappa shape index (κ3) is 5.20. The summed E-state index contributed by atoms with van der Waals surface area (Å²) in [4.78, 5) is 39.4. The number of hydrogen-bond acceptors (Lipinski definition) is 10. The predicted molar refractivity (Wildman–Crippen MR) is 135 cm³/mol. The molecule has 1 atom stereocenters. The van der Waals surface area contributed by atoms with E-state index in [0.29, 0.717) is 43.8 Å². The Hall–Kier alpha value is -3.94. The fraction of sp³-hybridized carbons (Fsp3) is 0.423. The number of likely N-dealkylation sites (N-methyl/N-ethyl adjacent to an activating group) is 1. The molecule has 2 aliphatic heterocycles. The number of anilines is 1. The van der Waals surface area contributed by atoms with Crippen LogP contribution in [0.25, 0.3) is 0 Å².